The molecule has 1 aromatic heterocycles. The fraction of sp³-hybridized carbons (Fsp3) is 0.182. The second-order valence-corrected chi connectivity index (χ2v) is 7.19. The van der Waals surface area contributed by atoms with Crippen LogP contribution in [0.1, 0.15) is 28.3 Å². The maximum absolute atomic E-state index is 12.0. The third kappa shape index (κ3) is 5.69. The summed E-state index contributed by atoms with van der Waals surface area (Å²) in [6, 6.07) is 24.3. The fourth-order valence-corrected chi connectivity index (χ4v) is 3.55. The first-order valence-electron chi connectivity index (χ1n) is 9.10. The molecule has 28 heavy (non-hydrogen) atoms. The molecule has 1 amide bonds. The highest BCUT2D eigenvalue weighted by molar-refractivity contribution is 7.12. The van der Waals surface area contributed by atoms with Crippen molar-refractivity contribution in [1.29, 1.82) is 0 Å². The van der Waals surface area contributed by atoms with Crippen molar-refractivity contribution >= 4 is 23.1 Å². The van der Waals surface area contributed by atoms with Gasteiger partial charge in [-0.15, -0.1) is 11.3 Å². The van der Waals surface area contributed by atoms with E-state index in [9.17, 15) is 4.79 Å². The molecule has 0 bridgehead atoms. The van der Waals surface area contributed by atoms with Gasteiger partial charge in [0.25, 0.3) is 5.91 Å². The fourth-order valence-electron chi connectivity index (χ4n) is 2.93. The van der Waals surface area contributed by atoms with Crippen LogP contribution in [0.3, 0.4) is 0 Å². The van der Waals surface area contributed by atoms with Crippen LogP contribution >= 0.6 is 11.3 Å². The molecule has 0 unspecified atom stereocenters. The summed E-state index contributed by atoms with van der Waals surface area (Å²) in [4.78, 5) is 17.9. The van der Waals surface area contributed by atoms with Crippen molar-refractivity contribution in [2.24, 2.45) is 10.9 Å². The van der Waals surface area contributed by atoms with E-state index in [0.717, 1.165) is 11.3 Å². The Morgan fingerprint density at radius 3 is 2.21 bits per heavy atom. The molecule has 0 saturated heterocycles. The smallest absolute Gasteiger partial charge is 0.260 e. The lowest BCUT2D eigenvalue weighted by Gasteiger charge is -2.18. The van der Waals surface area contributed by atoms with E-state index in [1.807, 2.05) is 53.9 Å². The first-order valence-corrected chi connectivity index (χ1v) is 9.98. The van der Waals surface area contributed by atoms with Crippen molar-refractivity contribution in [3.05, 3.63) is 94.2 Å². The minimum Gasteiger partial charge on any atom is -0.384 e. The first kappa shape index (κ1) is 19.6. The minimum atomic E-state index is -0.220. The molecular weight excluding hydrogens is 370 g/mol. The Morgan fingerprint density at radius 1 is 1.00 bits per heavy atom. The summed E-state index contributed by atoms with van der Waals surface area (Å²) in [6.45, 7) is 0.383. The molecule has 0 atom stereocenters. The van der Waals surface area contributed by atoms with Crippen LogP contribution in [0.2, 0.25) is 0 Å². The van der Waals surface area contributed by atoms with Crippen LogP contribution in [-0.2, 0) is 9.63 Å². The van der Waals surface area contributed by atoms with E-state index in [1.165, 1.54) is 22.5 Å². The lowest BCUT2D eigenvalue weighted by atomic mass is 9.88. The minimum absolute atomic E-state index is 0.159. The molecule has 0 fully saturated rings. The van der Waals surface area contributed by atoms with Crippen molar-refractivity contribution in [1.82, 2.24) is 5.32 Å². The average molecular weight is 394 g/mol. The van der Waals surface area contributed by atoms with E-state index < -0.39 is 0 Å². The van der Waals surface area contributed by atoms with Crippen LogP contribution in [0.25, 0.3) is 0 Å². The van der Waals surface area contributed by atoms with Gasteiger partial charge in [-0.2, -0.15) is 0 Å². The van der Waals surface area contributed by atoms with Crippen LogP contribution < -0.4 is 11.1 Å². The Balaban J connectivity index is 1.50. The van der Waals surface area contributed by atoms with E-state index in [0.29, 0.717) is 6.54 Å². The van der Waals surface area contributed by atoms with Gasteiger partial charge in [0.1, 0.15) is 0 Å². The molecule has 5 nitrogen and oxygen atoms in total. The van der Waals surface area contributed by atoms with Gasteiger partial charge >= 0.3 is 0 Å². The molecule has 0 aliphatic heterocycles. The number of carbonyl (C=O) groups is 1. The number of oxime groups is 1. The Bertz CT molecular complexity index is 841. The summed E-state index contributed by atoms with van der Waals surface area (Å²) in [6.07, 6.45) is 0.792. The number of nitrogens with two attached hydrogens (primary N) is 1. The van der Waals surface area contributed by atoms with Crippen molar-refractivity contribution in [2.45, 2.75) is 12.3 Å². The number of nitrogens with one attached hydrogen (secondary N) is 1. The van der Waals surface area contributed by atoms with Gasteiger partial charge in [0, 0.05) is 12.5 Å². The molecule has 0 spiro atoms. The lowest BCUT2D eigenvalue weighted by Crippen LogP contribution is -2.29. The van der Waals surface area contributed by atoms with Crippen molar-refractivity contribution in [3.63, 3.8) is 0 Å². The molecule has 3 aromatic rings. The number of amidine groups is 1. The summed E-state index contributed by atoms with van der Waals surface area (Å²) < 4.78 is 0. The zero-order valence-corrected chi connectivity index (χ0v) is 16.3. The highest BCUT2D eigenvalue weighted by atomic mass is 32.1. The molecule has 2 aromatic carbocycles. The highest BCUT2D eigenvalue weighted by Gasteiger charge is 2.14. The monoisotopic (exact) mass is 393 g/mol. The van der Waals surface area contributed by atoms with Crippen molar-refractivity contribution < 1.29 is 9.63 Å². The summed E-state index contributed by atoms with van der Waals surface area (Å²) >= 11 is 1.47. The molecule has 0 radical (unpaired) electrons. The number of carbonyl (C=O) groups excluding carboxylic acids is 1. The second-order valence-electron chi connectivity index (χ2n) is 6.24. The molecule has 3 N–H and O–H groups in total. The molecule has 6 heteroatoms. The lowest BCUT2D eigenvalue weighted by molar-refractivity contribution is -0.125. The number of benzene rings is 2. The van der Waals surface area contributed by atoms with E-state index >= 15 is 0 Å². The number of nitrogens with zero attached hydrogens (tertiary/aromatic N) is 1. The number of hydrogen-bond donors (Lipinski definition) is 2. The zero-order chi connectivity index (χ0) is 19.6. The summed E-state index contributed by atoms with van der Waals surface area (Å²) in [5, 5.41) is 8.58. The van der Waals surface area contributed by atoms with Crippen LogP contribution in [0, 0.1) is 0 Å². The Morgan fingerprint density at radius 2 is 1.64 bits per heavy atom. The summed E-state index contributed by atoms with van der Waals surface area (Å²) in [5.41, 5.74) is 8.26. The predicted molar refractivity (Wildman–Crippen MR) is 113 cm³/mol. The quantitative estimate of drug-likeness (QED) is 0.330. The first-order chi connectivity index (χ1) is 13.7. The number of hydrogen-bond acceptors (Lipinski definition) is 4. The number of rotatable bonds is 9. The van der Waals surface area contributed by atoms with E-state index in [-0.39, 0.29) is 24.3 Å². The van der Waals surface area contributed by atoms with E-state index in [2.05, 4.69) is 34.7 Å². The van der Waals surface area contributed by atoms with Gasteiger partial charge in [0.15, 0.2) is 12.4 Å². The molecule has 0 aliphatic rings. The third-order valence-electron chi connectivity index (χ3n) is 4.29. The number of thiophene rings is 1. The summed E-state index contributed by atoms with van der Waals surface area (Å²) in [7, 11) is 0. The normalized spacial score (nSPS) is 11.4. The standard InChI is InChI=1S/C22H23N3O2S/c23-22(20-12-7-15-28-20)25-27-16-21(26)24-14-13-19(17-8-3-1-4-9-17)18-10-5-2-6-11-18/h1-12,15,19H,13-14,16H2,(H2,23,25)(H,24,26). The van der Waals surface area contributed by atoms with Crippen LogP contribution in [-0.4, -0.2) is 24.9 Å². The van der Waals surface area contributed by atoms with Gasteiger partial charge in [-0.25, -0.2) is 0 Å². The van der Waals surface area contributed by atoms with Gasteiger partial charge in [-0.1, -0.05) is 71.9 Å². The largest absolute Gasteiger partial charge is 0.384 e. The molecular formula is C22H23N3O2S. The number of amides is 1. The van der Waals surface area contributed by atoms with Crippen molar-refractivity contribution in [2.75, 3.05) is 13.2 Å². The topological polar surface area (TPSA) is 76.7 Å². The molecule has 1 heterocycles. The van der Waals surface area contributed by atoms with Crippen LogP contribution in [0.15, 0.2) is 83.3 Å². The molecule has 3 rings (SSSR count). The van der Waals surface area contributed by atoms with E-state index in [1.54, 1.807) is 0 Å². The maximum atomic E-state index is 12.0. The predicted octanol–water partition coefficient (Wildman–Crippen LogP) is 3.72. The Kier molecular flexibility index (Phi) is 7.21. The molecule has 0 saturated carbocycles. The van der Waals surface area contributed by atoms with Gasteiger partial charge in [-0.05, 0) is 29.0 Å². The third-order valence-corrected chi connectivity index (χ3v) is 5.18. The van der Waals surface area contributed by atoms with Crippen molar-refractivity contribution in [3.8, 4) is 0 Å². The highest BCUT2D eigenvalue weighted by Crippen LogP contribution is 2.27. The average Bonchev–Trinajstić information content (AvgIpc) is 3.27. The molecule has 144 valence electrons. The van der Waals surface area contributed by atoms with Gasteiger partial charge < -0.3 is 15.9 Å². The zero-order valence-electron chi connectivity index (χ0n) is 15.5. The van der Waals surface area contributed by atoms with E-state index in [4.69, 9.17) is 10.6 Å². The van der Waals surface area contributed by atoms with Gasteiger partial charge in [-0.3, -0.25) is 4.79 Å². The Hall–Kier alpha value is -3.12. The summed E-state index contributed by atoms with van der Waals surface area (Å²) in [5.74, 6) is 0.273. The SMILES string of the molecule is N/C(=N\OCC(=O)NCCC(c1ccccc1)c1ccccc1)c1cccs1. The second kappa shape index (κ2) is 10.3. The van der Waals surface area contributed by atoms with Gasteiger partial charge in [0.2, 0.25) is 0 Å². The van der Waals surface area contributed by atoms with Crippen LogP contribution in [0.4, 0.5) is 0 Å². The van der Waals surface area contributed by atoms with Crippen LogP contribution in [0.5, 0.6) is 0 Å². The van der Waals surface area contributed by atoms with Gasteiger partial charge in [0.05, 0.1) is 4.88 Å². The Labute approximate surface area is 168 Å². The maximum Gasteiger partial charge on any atom is 0.260 e. The molecule has 0 aliphatic carbocycles.